The normalized spacial score (nSPS) is 20.2. The third-order valence-electron chi connectivity index (χ3n) is 4.40. The summed E-state index contributed by atoms with van der Waals surface area (Å²) in [5.74, 6) is 0.493. The number of imide groups is 1. The summed E-state index contributed by atoms with van der Waals surface area (Å²) in [4.78, 5) is 26.5. The Labute approximate surface area is 141 Å². The first-order valence-corrected chi connectivity index (χ1v) is 7.78. The highest BCUT2D eigenvalue weighted by Gasteiger charge is 2.48. The van der Waals surface area contributed by atoms with Crippen LogP contribution in [0.5, 0.6) is 5.75 Å². The second kappa shape index (κ2) is 6.00. The van der Waals surface area contributed by atoms with Gasteiger partial charge < -0.3 is 10.1 Å². The van der Waals surface area contributed by atoms with E-state index in [1.54, 1.807) is 14.0 Å². The molecule has 5 nitrogen and oxygen atoms in total. The number of carbonyl (C=O) groups is 2. The molecular weight excluding hydrogens is 304 g/mol. The molecule has 2 aromatic rings. The van der Waals surface area contributed by atoms with Crippen LogP contribution in [0.1, 0.15) is 23.6 Å². The smallest absolute Gasteiger partial charge is 0.325 e. The molecule has 0 bridgehead atoms. The first-order valence-electron chi connectivity index (χ1n) is 7.78. The van der Waals surface area contributed by atoms with Gasteiger partial charge in [0, 0.05) is 0 Å². The molecule has 1 aliphatic heterocycles. The maximum absolute atomic E-state index is 12.9. The van der Waals surface area contributed by atoms with Crippen molar-refractivity contribution in [3.05, 3.63) is 65.2 Å². The van der Waals surface area contributed by atoms with Crippen LogP contribution in [0.3, 0.4) is 0 Å². The topological polar surface area (TPSA) is 58.6 Å². The van der Waals surface area contributed by atoms with Gasteiger partial charge in [-0.2, -0.15) is 0 Å². The number of nitrogens with zero attached hydrogens (tertiary/aromatic N) is 1. The van der Waals surface area contributed by atoms with E-state index in [0.29, 0.717) is 0 Å². The number of hydrogen-bond acceptors (Lipinski definition) is 3. The van der Waals surface area contributed by atoms with Crippen LogP contribution >= 0.6 is 0 Å². The summed E-state index contributed by atoms with van der Waals surface area (Å²) in [6.07, 6.45) is 0. The van der Waals surface area contributed by atoms with Crippen molar-refractivity contribution in [2.45, 2.75) is 25.9 Å². The van der Waals surface area contributed by atoms with Crippen LogP contribution in [-0.4, -0.2) is 23.9 Å². The van der Waals surface area contributed by atoms with Crippen LogP contribution < -0.4 is 10.1 Å². The number of amides is 3. The van der Waals surface area contributed by atoms with E-state index in [9.17, 15) is 9.59 Å². The van der Waals surface area contributed by atoms with Crippen molar-refractivity contribution in [1.82, 2.24) is 10.2 Å². The Kier molecular flexibility index (Phi) is 4.01. The van der Waals surface area contributed by atoms with Gasteiger partial charge in [-0.1, -0.05) is 42.0 Å². The molecule has 1 N–H and O–H groups in total. The molecule has 1 fully saturated rings. The van der Waals surface area contributed by atoms with Crippen molar-refractivity contribution in [3.8, 4) is 5.75 Å². The number of methoxy groups -OCH3 is 1. The molecule has 1 atom stereocenters. The lowest BCUT2D eigenvalue weighted by molar-refractivity contribution is -0.131. The van der Waals surface area contributed by atoms with Gasteiger partial charge in [-0.05, 0) is 37.1 Å². The largest absolute Gasteiger partial charge is 0.497 e. The highest BCUT2D eigenvalue weighted by molar-refractivity contribution is 6.07. The van der Waals surface area contributed by atoms with Gasteiger partial charge in [0.1, 0.15) is 11.3 Å². The molecule has 3 rings (SSSR count). The number of benzene rings is 2. The van der Waals surface area contributed by atoms with Crippen LogP contribution in [-0.2, 0) is 16.9 Å². The molecule has 0 spiro atoms. The molecule has 1 saturated heterocycles. The maximum Gasteiger partial charge on any atom is 0.325 e. The molecule has 2 aromatic carbocycles. The summed E-state index contributed by atoms with van der Waals surface area (Å²) in [6, 6.07) is 14.6. The quantitative estimate of drug-likeness (QED) is 0.880. The van der Waals surface area contributed by atoms with Gasteiger partial charge in [-0.3, -0.25) is 9.69 Å². The summed E-state index contributed by atoms with van der Waals surface area (Å²) < 4.78 is 5.12. The van der Waals surface area contributed by atoms with Crippen molar-refractivity contribution in [1.29, 1.82) is 0 Å². The molecule has 0 aliphatic carbocycles. The average molecular weight is 324 g/mol. The van der Waals surface area contributed by atoms with E-state index in [0.717, 1.165) is 22.4 Å². The van der Waals surface area contributed by atoms with Crippen molar-refractivity contribution in [2.75, 3.05) is 7.11 Å². The molecule has 0 radical (unpaired) electrons. The lowest BCUT2D eigenvalue weighted by atomic mass is 9.91. The summed E-state index contributed by atoms with van der Waals surface area (Å²) in [5.41, 5.74) is 1.72. The number of ether oxygens (including phenoxy) is 1. The Morgan fingerprint density at radius 2 is 1.67 bits per heavy atom. The van der Waals surface area contributed by atoms with Crippen molar-refractivity contribution >= 4 is 11.9 Å². The average Bonchev–Trinajstić information content (AvgIpc) is 2.80. The van der Waals surface area contributed by atoms with Gasteiger partial charge in [0.15, 0.2) is 0 Å². The minimum Gasteiger partial charge on any atom is -0.497 e. The summed E-state index contributed by atoms with van der Waals surface area (Å²) in [7, 11) is 1.60. The first kappa shape index (κ1) is 16.1. The molecule has 5 heteroatoms. The van der Waals surface area contributed by atoms with Crippen LogP contribution in [0.2, 0.25) is 0 Å². The van der Waals surface area contributed by atoms with Gasteiger partial charge in [0.2, 0.25) is 0 Å². The summed E-state index contributed by atoms with van der Waals surface area (Å²) in [6.45, 7) is 3.96. The van der Waals surface area contributed by atoms with Crippen molar-refractivity contribution in [3.63, 3.8) is 0 Å². The fourth-order valence-corrected chi connectivity index (χ4v) is 2.84. The number of urea groups is 1. The highest BCUT2D eigenvalue weighted by Crippen LogP contribution is 2.30. The summed E-state index contributed by atoms with van der Waals surface area (Å²) in [5, 5.41) is 2.82. The zero-order valence-electron chi connectivity index (χ0n) is 14.0. The molecule has 1 unspecified atom stereocenters. The maximum atomic E-state index is 12.9. The molecule has 0 saturated carbocycles. The Morgan fingerprint density at radius 1 is 1.04 bits per heavy atom. The Bertz CT molecular complexity index is 768. The van der Waals surface area contributed by atoms with Crippen LogP contribution in [0.15, 0.2) is 48.5 Å². The predicted molar refractivity (Wildman–Crippen MR) is 90.6 cm³/mol. The highest BCUT2D eigenvalue weighted by atomic mass is 16.5. The van der Waals surface area contributed by atoms with Gasteiger partial charge >= 0.3 is 6.03 Å². The molecule has 24 heavy (non-hydrogen) atoms. The van der Waals surface area contributed by atoms with Gasteiger partial charge in [0.25, 0.3) is 5.91 Å². The monoisotopic (exact) mass is 324 g/mol. The molecule has 0 aromatic heterocycles. The third kappa shape index (κ3) is 2.73. The van der Waals surface area contributed by atoms with Crippen LogP contribution in [0.4, 0.5) is 4.79 Å². The number of aryl methyl sites for hydroxylation is 1. The minimum atomic E-state index is -1.03. The standard InChI is InChI=1S/C19H20N2O3/c1-13-4-8-15(9-5-13)19(2)17(22)21(18(23)20-19)12-14-6-10-16(24-3)11-7-14/h4-11H,12H2,1-3H3,(H,20,23). The van der Waals surface area contributed by atoms with E-state index in [1.807, 2.05) is 55.5 Å². The van der Waals surface area contributed by atoms with E-state index in [2.05, 4.69) is 5.32 Å². The number of rotatable bonds is 4. The second-order valence-corrected chi connectivity index (χ2v) is 6.16. The lowest BCUT2D eigenvalue weighted by Gasteiger charge is -2.22. The minimum absolute atomic E-state index is 0.232. The zero-order chi connectivity index (χ0) is 17.3. The molecule has 1 aliphatic rings. The van der Waals surface area contributed by atoms with Gasteiger partial charge in [-0.25, -0.2) is 4.79 Å². The second-order valence-electron chi connectivity index (χ2n) is 6.16. The van der Waals surface area contributed by atoms with E-state index in [4.69, 9.17) is 4.74 Å². The van der Waals surface area contributed by atoms with Crippen molar-refractivity contribution < 1.29 is 14.3 Å². The van der Waals surface area contributed by atoms with Gasteiger partial charge in [0.05, 0.1) is 13.7 Å². The Balaban J connectivity index is 1.84. The van der Waals surface area contributed by atoms with E-state index in [-0.39, 0.29) is 18.5 Å². The molecular formula is C19H20N2O3. The number of nitrogens with one attached hydrogen (secondary N) is 1. The molecule has 124 valence electrons. The molecule has 3 amide bonds. The fraction of sp³-hybridized carbons (Fsp3) is 0.263. The third-order valence-corrected chi connectivity index (χ3v) is 4.40. The summed E-state index contributed by atoms with van der Waals surface area (Å²) >= 11 is 0. The predicted octanol–water partition coefficient (Wildman–Crippen LogP) is 2.97. The Hall–Kier alpha value is -2.82. The van der Waals surface area contributed by atoms with E-state index < -0.39 is 5.54 Å². The lowest BCUT2D eigenvalue weighted by Crippen LogP contribution is -2.40. The van der Waals surface area contributed by atoms with E-state index in [1.165, 1.54) is 4.90 Å². The first-order chi connectivity index (χ1) is 11.4. The Morgan fingerprint density at radius 3 is 2.25 bits per heavy atom. The number of carbonyl (C=O) groups excluding carboxylic acids is 2. The fourth-order valence-electron chi connectivity index (χ4n) is 2.84. The van der Waals surface area contributed by atoms with Crippen LogP contribution in [0.25, 0.3) is 0 Å². The van der Waals surface area contributed by atoms with Crippen molar-refractivity contribution in [2.24, 2.45) is 0 Å². The van der Waals surface area contributed by atoms with Gasteiger partial charge in [-0.15, -0.1) is 0 Å². The van der Waals surface area contributed by atoms with Crippen LogP contribution in [0, 0.1) is 6.92 Å². The zero-order valence-corrected chi connectivity index (χ0v) is 14.0. The molecule has 1 heterocycles. The van der Waals surface area contributed by atoms with E-state index >= 15 is 0 Å². The number of hydrogen-bond donors (Lipinski definition) is 1. The SMILES string of the molecule is COc1ccc(CN2C(=O)NC(C)(c3ccc(C)cc3)C2=O)cc1.